The lowest BCUT2D eigenvalue weighted by molar-refractivity contribution is -0.197. The van der Waals surface area contributed by atoms with Crippen molar-refractivity contribution in [2.75, 3.05) is 20.1 Å². The molecule has 1 amide bonds. The number of carbonyl (C=O) groups excluding carboxylic acids is 1. The van der Waals surface area contributed by atoms with Crippen molar-refractivity contribution in [3.05, 3.63) is 71.3 Å². The Kier molecular flexibility index (Phi) is 5.22. The van der Waals surface area contributed by atoms with Gasteiger partial charge in [0.15, 0.2) is 11.5 Å². The zero-order chi connectivity index (χ0) is 25.2. The van der Waals surface area contributed by atoms with Gasteiger partial charge in [0.25, 0.3) is 5.91 Å². The fourth-order valence-corrected chi connectivity index (χ4v) is 7.47. The minimum atomic E-state index is -1.02. The lowest BCUT2D eigenvalue weighted by atomic mass is 9.48. The average molecular weight is 485 g/mol. The largest absolute Gasteiger partial charge is 0.504 e. The van der Waals surface area contributed by atoms with Crippen LogP contribution in [0.4, 0.5) is 0 Å². The maximum atomic E-state index is 13.2. The van der Waals surface area contributed by atoms with Crippen LogP contribution in [0.1, 0.15) is 41.5 Å². The number of aliphatic hydroxyl groups is 1. The van der Waals surface area contributed by atoms with E-state index in [1.165, 1.54) is 0 Å². The monoisotopic (exact) mass is 484 g/mol. The number of benzene rings is 2. The number of piperidine rings is 1. The molecule has 2 aromatic carbocycles. The van der Waals surface area contributed by atoms with E-state index in [9.17, 15) is 15.0 Å². The van der Waals surface area contributed by atoms with Crippen LogP contribution in [0.3, 0.4) is 0 Å². The summed E-state index contributed by atoms with van der Waals surface area (Å²) < 4.78 is 6.54. The number of nitrogens with zero attached hydrogens (tertiary/aromatic N) is 2. The van der Waals surface area contributed by atoms with Crippen molar-refractivity contribution in [3.63, 3.8) is 0 Å². The van der Waals surface area contributed by atoms with E-state index < -0.39 is 17.1 Å². The summed E-state index contributed by atoms with van der Waals surface area (Å²) >= 11 is 0. The molecule has 2 heterocycles. The van der Waals surface area contributed by atoms with E-state index in [0.717, 1.165) is 28.8 Å². The minimum Gasteiger partial charge on any atom is -0.504 e. The molecule has 2 aromatic rings. The van der Waals surface area contributed by atoms with Gasteiger partial charge in [-0.15, -0.1) is 6.58 Å². The zero-order valence-corrected chi connectivity index (χ0v) is 20.8. The van der Waals surface area contributed by atoms with E-state index in [0.29, 0.717) is 38.0 Å². The van der Waals surface area contributed by atoms with Crippen LogP contribution in [0.25, 0.3) is 0 Å². The van der Waals surface area contributed by atoms with Gasteiger partial charge in [0, 0.05) is 36.7 Å². The third-order valence-electron chi connectivity index (χ3n) is 9.05. The molecule has 36 heavy (non-hydrogen) atoms. The Bertz CT molecular complexity index is 1330. The Labute approximate surface area is 212 Å². The number of likely N-dealkylation sites (tertiary alicyclic amines) is 1. The predicted molar refractivity (Wildman–Crippen MR) is 137 cm³/mol. The van der Waals surface area contributed by atoms with Crippen LogP contribution in [0.15, 0.2) is 49.1 Å². The molecule has 6 heteroatoms. The summed E-state index contributed by atoms with van der Waals surface area (Å²) in [5, 5.41) is 23.2. The Morgan fingerprint density at radius 3 is 2.94 bits per heavy atom. The molecule has 6 rings (SSSR count). The molecular weight excluding hydrogens is 452 g/mol. The van der Waals surface area contributed by atoms with Crippen molar-refractivity contribution in [3.8, 4) is 23.3 Å². The fourth-order valence-electron chi connectivity index (χ4n) is 7.47. The summed E-state index contributed by atoms with van der Waals surface area (Å²) in [7, 11) is 1.78. The van der Waals surface area contributed by atoms with Crippen LogP contribution in [0.2, 0.25) is 0 Å². The molecule has 0 aromatic heterocycles. The molecule has 2 fully saturated rings. The van der Waals surface area contributed by atoms with Gasteiger partial charge < -0.3 is 19.8 Å². The topological polar surface area (TPSA) is 73.2 Å². The number of carbonyl (C=O) groups is 1. The Morgan fingerprint density at radius 1 is 1.33 bits per heavy atom. The SMILES string of the molecule is C=CCN1CC[C@]23c4c5ccc(O)c4O[C@H]2[C@@H](N(C)C(=O)C#Cc2cccc(C)c2)CC[C@@]3(O)[C@H]1C5. The zero-order valence-electron chi connectivity index (χ0n) is 20.8. The maximum Gasteiger partial charge on any atom is 0.298 e. The maximum absolute atomic E-state index is 13.2. The number of ether oxygens (including phenoxy) is 1. The first-order valence-corrected chi connectivity index (χ1v) is 12.7. The first kappa shape index (κ1) is 23.1. The minimum absolute atomic E-state index is 0.0681. The van der Waals surface area contributed by atoms with Gasteiger partial charge in [-0.25, -0.2) is 0 Å². The molecule has 2 N–H and O–H groups in total. The van der Waals surface area contributed by atoms with Crippen molar-refractivity contribution >= 4 is 5.91 Å². The lowest BCUT2D eigenvalue weighted by Gasteiger charge is -2.64. The van der Waals surface area contributed by atoms with Gasteiger partial charge in [-0.05, 0) is 68.5 Å². The van der Waals surface area contributed by atoms with Crippen molar-refractivity contribution in [1.29, 1.82) is 0 Å². The molecule has 186 valence electrons. The third-order valence-corrected chi connectivity index (χ3v) is 9.05. The summed E-state index contributed by atoms with van der Waals surface area (Å²) in [4.78, 5) is 17.3. The van der Waals surface area contributed by atoms with Gasteiger partial charge in [0.1, 0.15) is 6.10 Å². The number of amides is 1. The molecule has 4 aliphatic rings. The first-order valence-electron chi connectivity index (χ1n) is 12.7. The van der Waals surface area contributed by atoms with Crippen LogP contribution in [0.5, 0.6) is 11.5 Å². The summed E-state index contributed by atoms with van der Waals surface area (Å²) in [5.74, 6) is 6.11. The van der Waals surface area contributed by atoms with Gasteiger partial charge in [-0.1, -0.05) is 30.2 Å². The molecule has 2 aliphatic heterocycles. The van der Waals surface area contributed by atoms with Crippen LogP contribution in [-0.4, -0.2) is 69.8 Å². The Balaban J connectivity index is 1.39. The smallest absolute Gasteiger partial charge is 0.298 e. The number of phenolic OH excluding ortho intramolecular Hbond substituents is 1. The highest BCUT2D eigenvalue weighted by atomic mass is 16.5. The molecule has 1 saturated heterocycles. The van der Waals surface area contributed by atoms with Gasteiger partial charge in [0.05, 0.1) is 17.1 Å². The number of hydrogen-bond donors (Lipinski definition) is 2. The summed E-state index contributed by atoms with van der Waals surface area (Å²) in [6.07, 6.45) is 3.98. The summed E-state index contributed by atoms with van der Waals surface area (Å²) in [6.45, 7) is 7.44. The van der Waals surface area contributed by atoms with Crippen molar-refractivity contribution in [2.45, 2.75) is 61.8 Å². The summed E-state index contributed by atoms with van der Waals surface area (Å²) in [5.41, 5.74) is 2.26. The number of likely N-dealkylation sites (N-methyl/N-ethyl adjacent to an activating group) is 1. The average Bonchev–Trinajstić information content (AvgIpc) is 3.21. The number of aromatic hydroxyl groups is 1. The molecule has 2 aliphatic carbocycles. The second kappa shape index (κ2) is 8.12. The highest BCUT2D eigenvalue weighted by molar-refractivity contribution is 5.94. The summed E-state index contributed by atoms with van der Waals surface area (Å²) in [6, 6.07) is 11.1. The van der Waals surface area contributed by atoms with Crippen molar-refractivity contribution in [1.82, 2.24) is 9.80 Å². The van der Waals surface area contributed by atoms with Crippen LogP contribution in [-0.2, 0) is 16.6 Å². The molecule has 1 saturated carbocycles. The number of hydrogen-bond acceptors (Lipinski definition) is 5. The first-order chi connectivity index (χ1) is 17.3. The standard InChI is InChI=1S/C30H32N2O4/c1-4-15-32-16-14-29-26-21-9-10-23(33)27(26)36-28(29)22(12-13-30(29,35)24(32)18-21)31(3)25(34)11-8-20-7-5-6-19(2)17-20/h4-7,9-10,17,22,24,28,33,35H,1,12-16,18H2,2-3H3/t22-,24+,28-,29-,30+/m0/s1. The molecule has 5 atom stereocenters. The third kappa shape index (κ3) is 3.03. The van der Waals surface area contributed by atoms with Crippen molar-refractivity contribution < 1.29 is 19.7 Å². The van der Waals surface area contributed by atoms with Crippen LogP contribution < -0.4 is 4.74 Å². The van der Waals surface area contributed by atoms with Crippen LogP contribution >= 0.6 is 0 Å². The van der Waals surface area contributed by atoms with Gasteiger partial charge in [0.2, 0.25) is 0 Å². The fraction of sp³-hybridized carbons (Fsp3) is 0.433. The van der Waals surface area contributed by atoms with E-state index in [1.807, 2.05) is 43.3 Å². The van der Waals surface area contributed by atoms with Gasteiger partial charge >= 0.3 is 0 Å². The number of phenols is 1. The van der Waals surface area contributed by atoms with E-state index in [-0.39, 0.29) is 23.7 Å². The second-order valence-electron chi connectivity index (χ2n) is 10.8. The molecule has 6 nitrogen and oxygen atoms in total. The molecule has 2 bridgehead atoms. The van der Waals surface area contributed by atoms with Crippen molar-refractivity contribution in [2.24, 2.45) is 0 Å². The Morgan fingerprint density at radius 2 is 2.17 bits per heavy atom. The molecular formula is C30H32N2O4. The van der Waals surface area contributed by atoms with Gasteiger partial charge in [-0.3, -0.25) is 9.69 Å². The van der Waals surface area contributed by atoms with E-state index in [1.54, 1.807) is 18.0 Å². The number of rotatable bonds is 3. The van der Waals surface area contributed by atoms with E-state index in [4.69, 9.17) is 4.74 Å². The molecule has 0 unspecified atom stereocenters. The van der Waals surface area contributed by atoms with Gasteiger partial charge in [-0.2, -0.15) is 0 Å². The second-order valence-corrected chi connectivity index (χ2v) is 10.8. The normalized spacial score (nSPS) is 31.5. The quantitative estimate of drug-likeness (QED) is 0.518. The molecule has 1 spiro atoms. The number of aryl methyl sites for hydroxylation is 1. The molecule has 0 radical (unpaired) electrons. The Hall–Kier alpha value is -3.27. The van der Waals surface area contributed by atoms with Crippen LogP contribution in [0, 0.1) is 18.8 Å². The highest BCUT2D eigenvalue weighted by Crippen LogP contribution is 2.65. The van der Waals surface area contributed by atoms with E-state index >= 15 is 0 Å². The van der Waals surface area contributed by atoms with E-state index in [2.05, 4.69) is 23.3 Å². The highest BCUT2D eigenvalue weighted by Gasteiger charge is 2.73. The predicted octanol–water partition coefficient (Wildman–Crippen LogP) is 2.92. The lowest BCUT2D eigenvalue weighted by Crippen LogP contribution is -2.78.